The molecule has 0 spiro atoms. The minimum atomic E-state index is -0.299. The number of aromatic nitrogens is 4. The molecule has 3 aromatic rings. The van der Waals surface area contributed by atoms with Crippen molar-refractivity contribution in [3.05, 3.63) is 71.7 Å². The largest absolute Gasteiger partial charge is 0.331 e. The van der Waals surface area contributed by atoms with Crippen LogP contribution in [-0.2, 0) is 7.05 Å². The SMILES string of the molecule is C=C(/C(C)=C(\N=C(/C)N(C)c1ccc(SC)cc1F)Nc1cc(C)[nH]n1)c1cnn(C)c1. The summed E-state index contributed by atoms with van der Waals surface area (Å²) in [5.41, 5.74) is 3.86. The molecule has 32 heavy (non-hydrogen) atoms. The molecular weight excluding hydrogens is 425 g/mol. The minimum Gasteiger partial charge on any atom is -0.331 e. The van der Waals surface area contributed by atoms with Crippen LogP contribution in [0.4, 0.5) is 15.9 Å². The predicted molar refractivity (Wildman–Crippen MR) is 132 cm³/mol. The molecule has 3 rings (SSSR count). The average Bonchev–Trinajstić information content (AvgIpc) is 3.39. The van der Waals surface area contributed by atoms with E-state index in [1.165, 1.54) is 17.8 Å². The van der Waals surface area contributed by atoms with E-state index < -0.39 is 0 Å². The second kappa shape index (κ2) is 9.86. The summed E-state index contributed by atoms with van der Waals surface area (Å²) < 4.78 is 16.4. The molecule has 0 aliphatic rings. The van der Waals surface area contributed by atoms with E-state index in [1.54, 1.807) is 28.9 Å². The lowest BCUT2D eigenvalue weighted by Gasteiger charge is -2.21. The monoisotopic (exact) mass is 453 g/mol. The minimum absolute atomic E-state index is 0.299. The first-order chi connectivity index (χ1) is 15.2. The van der Waals surface area contributed by atoms with Gasteiger partial charge in [0.05, 0.1) is 11.9 Å². The van der Waals surface area contributed by atoms with Crippen LogP contribution in [0.3, 0.4) is 0 Å². The first kappa shape index (κ1) is 23.3. The number of nitrogens with one attached hydrogen (secondary N) is 2. The molecule has 0 saturated heterocycles. The van der Waals surface area contributed by atoms with E-state index in [2.05, 4.69) is 27.2 Å². The van der Waals surface area contributed by atoms with Crippen LogP contribution in [0.1, 0.15) is 25.1 Å². The predicted octanol–water partition coefficient (Wildman–Crippen LogP) is 5.22. The van der Waals surface area contributed by atoms with Crippen LogP contribution in [0, 0.1) is 12.7 Å². The fourth-order valence-electron chi connectivity index (χ4n) is 3.04. The normalized spacial score (nSPS) is 12.5. The fourth-order valence-corrected chi connectivity index (χ4v) is 3.47. The Balaban J connectivity index is 2.00. The number of H-pyrrole nitrogens is 1. The van der Waals surface area contributed by atoms with E-state index in [4.69, 9.17) is 4.99 Å². The molecule has 0 aliphatic heterocycles. The Morgan fingerprint density at radius 3 is 2.62 bits per heavy atom. The van der Waals surface area contributed by atoms with Crippen molar-refractivity contribution in [1.29, 1.82) is 0 Å². The third kappa shape index (κ3) is 5.28. The van der Waals surface area contributed by atoms with Crippen molar-refractivity contribution in [2.24, 2.45) is 12.0 Å². The third-order valence-electron chi connectivity index (χ3n) is 5.09. The maximum Gasteiger partial charge on any atom is 0.153 e. The van der Waals surface area contributed by atoms with E-state index in [0.29, 0.717) is 23.2 Å². The molecule has 7 nitrogen and oxygen atoms in total. The number of halogens is 1. The maximum atomic E-state index is 14.7. The molecular formula is C23H28FN7S. The second-order valence-electron chi connectivity index (χ2n) is 7.45. The van der Waals surface area contributed by atoms with Gasteiger partial charge in [-0.1, -0.05) is 6.58 Å². The summed E-state index contributed by atoms with van der Waals surface area (Å²) >= 11 is 1.50. The molecule has 2 heterocycles. The summed E-state index contributed by atoms with van der Waals surface area (Å²) in [6.45, 7) is 9.91. The number of hydrogen-bond donors (Lipinski definition) is 2. The van der Waals surface area contributed by atoms with Gasteiger partial charge in [-0.25, -0.2) is 9.38 Å². The third-order valence-corrected chi connectivity index (χ3v) is 5.81. The number of thioether (sulfide) groups is 1. The van der Waals surface area contributed by atoms with Gasteiger partial charge in [0.25, 0.3) is 0 Å². The molecule has 0 bridgehead atoms. The molecule has 9 heteroatoms. The van der Waals surface area contributed by atoms with Crippen LogP contribution in [-0.4, -0.2) is 39.1 Å². The lowest BCUT2D eigenvalue weighted by Crippen LogP contribution is -2.25. The van der Waals surface area contributed by atoms with Crippen molar-refractivity contribution >= 4 is 34.7 Å². The number of aromatic amines is 1. The summed E-state index contributed by atoms with van der Waals surface area (Å²) in [7, 11) is 3.65. The summed E-state index contributed by atoms with van der Waals surface area (Å²) in [4.78, 5) is 7.38. The van der Waals surface area contributed by atoms with Crippen molar-refractivity contribution in [3.8, 4) is 0 Å². The van der Waals surface area contributed by atoms with Crippen LogP contribution >= 0.6 is 11.8 Å². The molecule has 168 valence electrons. The average molecular weight is 454 g/mol. The van der Waals surface area contributed by atoms with Crippen LogP contribution < -0.4 is 10.2 Å². The molecule has 1 aromatic carbocycles. The molecule has 2 N–H and O–H groups in total. The van der Waals surface area contributed by atoms with Gasteiger partial charge < -0.3 is 10.2 Å². The highest BCUT2D eigenvalue weighted by molar-refractivity contribution is 7.98. The summed E-state index contributed by atoms with van der Waals surface area (Å²) in [5.74, 6) is 1.50. The first-order valence-electron chi connectivity index (χ1n) is 10.0. The topological polar surface area (TPSA) is 74.1 Å². The van der Waals surface area contributed by atoms with Gasteiger partial charge in [-0.15, -0.1) is 11.8 Å². The highest BCUT2D eigenvalue weighted by atomic mass is 32.2. The molecule has 0 radical (unpaired) electrons. The molecule has 0 atom stereocenters. The van der Waals surface area contributed by atoms with E-state index in [-0.39, 0.29) is 5.82 Å². The summed E-state index contributed by atoms with van der Waals surface area (Å²) in [6, 6.07) is 7.07. The lowest BCUT2D eigenvalue weighted by atomic mass is 10.0. The van der Waals surface area contributed by atoms with Gasteiger partial charge in [-0.2, -0.15) is 10.2 Å². The Bertz CT molecular complexity index is 1190. The number of nitrogens with zero attached hydrogens (tertiary/aromatic N) is 5. The van der Waals surface area contributed by atoms with E-state index in [9.17, 15) is 4.39 Å². The van der Waals surface area contributed by atoms with Crippen LogP contribution in [0.25, 0.3) is 5.57 Å². The number of anilines is 2. The quantitative estimate of drug-likeness (QED) is 0.222. The van der Waals surface area contributed by atoms with Gasteiger partial charge in [0.15, 0.2) is 5.82 Å². The lowest BCUT2D eigenvalue weighted by molar-refractivity contribution is 0.624. The zero-order valence-electron chi connectivity index (χ0n) is 19.2. The van der Waals surface area contributed by atoms with Gasteiger partial charge in [-0.3, -0.25) is 9.78 Å². The van der Waals surface area contributed by atoms with Crippen molar-refractivity contribution in [2.45, 2.75) is 25.7 Å². The van der Waals surface area contributed by atoms with Gasteiger partial charge >= 0.3 is 0 Å². The van der Waals surface area contributed by atoms with Gasteiger partial charge in [0.2, 0.25) is 0 Å². The molecule has 0 amide bonds. The van der Waals surface area contributed by atoms with Gasteiger partial charge in [-0.05, 0) is 56.4 Å². The Kier molecular flexibility index (Phi) is 7.19. The van der Waals surface area contributed by atoms with Gasteiger partial charge in [0, 0.05) is 42.5 Å². The van der Waals surface area contributed by atoms with Crippen LogP contribution in [0.15, 0.2) is 64.5 Å². The maximum absolute atomic E-state index is 14.7. The smallest absolute Gasteiger partial charge is 0.153 e. The molecule has 0 saturated carbocycles. The van der Waals surface area contributed by atoms with Crippen molar-refractivity contribution in [3.63, 3.8) is 0 Å². The molecule has 0 aliphatic carbocycles. The van der Waals surface area contributed by atoms with E-state index in [1.807, 2.05) is 52.4 Å². The Labute approximate surface area is 192 Å². The highest BCUT2D eigenvalue weighted by Gasteiger charge is 2.15. The Morgan fingerprint density at radius 2 is 2.06 bits per heavy atom. The van der Waals surface area contributed by atoms with Crippen LogP contribution in [0.5, 0.6) is 0 Å². The Hall–Kier alpha value is -3.33. The zero-order valence-corrected chi connectivity index (χ0v) is 20.0. The highest BCUT2D eigenvalue weighted by Crippen LogP contribution is 2.27. The number of rotatable bonds is 7. The molecule has 0 fully saturated rings. The van der Waals surface area contributed by atoms with E-state index >= 15 is 0 Å². The van der Waals surface area contributed by atoms with Crippen LogP contribution in [0.2, 0.25) is 0 Å². The van der Waals surface area contributed by atoms with Crippen molar-refractivity contribution < 1.29 is 4.39 Å². The van der Waals surface area contributed by atoms with Crippen molar-refractivity contribution in [2.75, 3.05) is 23.5 Å². The number of hydrogen-bond acceptors (Lipinski definition) is 5. The summed E-state index contributed by atoms with van der Waals surface area (Å²) in [6.07, 6.45) is 5.57. The number of allylic oxidation sites excluding steroid dienone is 2. The number of benzene rings is 1. The molecule has 2 aromatic heterocycles. The summed E-state index contributed by atoms with van der Waals surface area (Å²) in [5, 5.41) is 14.7. The first-order valence-corrected chi connectivity index (χ1v) is 11.2. The molecule has 0 unspecified atom stereocenters. The van der Waals surface area contributed by atoms with Gasteiger partial charge in [0.1, 0.15) is 17.5 Å². The van der Waals surface area contributed by atoms with Crippen molar-refractivity contribution in [1.82, 2.24) is 20.0 Å². The number of aryl methyl sites for hydroxylation is 2. The zero-order chi connectivity index (χ0) is 23.4. The number of aliphatic imine (C=N–C) groups is 1. The Morgan fingerprint density at radius 1 is 1.31 bits per heavy atom. The fraction of sp³-hybridized carbons (Fsp3) is 0.261. The van der Waals surface area contributed by atoms with E-state index in [0.717, 1.165) is 27.3 Å². The standard InChI is InChI=1S/C23H28FN7S/c1-14-10-22(29-28-14)27-23(16(3)15(2)18-12-25-30(5)13-18)26-17(4)31(6)21-9-8-19(32-7)11-20(21)24/h8-13H,2H2,1,3-7H3,(H2,27,28,29)/b23-16+,26-17+. The second-order valence-corrected chi connectivity index (χ2v) is 8.33. The number of amidine groups is 1.